The third-order valence-corrected chi connectivity index (χ3v) is 2.79. The van der Waals surface area contributed by atoms with E-state index in [1.165, 1.54) is 17.8 Å². The lowest BCUT2D eigenvalue weighted by atomic mass is 10.1. The Bertz CT molecular complexity index is 344. The van der Waals surface area contributed by atoms with E-state index in [0.717, 1.165) is 6.07 Å². The standard InChI is InChI=1S/C10H12F3NS/c1-14-8(5-15-2)6-3-4-7(11)10(13)9(6)12/h3-4,8,14H,5H2,1-2H3. The van der Waals surface area contributed by atoms with Gasteiger partial charge in [-0.05, 0) is 19.4 Å². The Morgan fingerprint density at radius 2 is 1.93 bits per heavy atom. The number of rotatable bonds is 4. The molecule has 1 N–H and O–H groups in total. The van der Waals surface area contributed by atoms with E-state index in [2.05, 4.69) is 5.32 Å². The number of nitrogens with one attached hydrogen (secondary N) is 1. The quantitative estimate of drug-likeness (QED) is 0.805. The molecule has 1 aromatic rings. The molecular formula is C10H12F3NS. The zero-order chi connectivity index (χ0) is 11.4. The van der Waals surface area contributed by atoms with E-state index in [1.54, 1.807) is 7.05 Å². The predicted octanol–water partition coefficient (Wildman–Crippen LogP) is 2.73. The van der Waals surface area contributed by atoms with Gasteiger partial charge in [0, 0.05) is 17.4 Å². The molecule has 1 nitrogen and oxygen atoms in total. The molecule has 0 radical (unpaired) electrons. The van der Waals surface area contributed by atoms with Gasteiger partial charge >= 0.3 is 0 Å². The van der Waals surface area contributed by atoms with E-state index < -0.39 is 17.5 Å². The normalized spacial score (nSPS) is 12.9. The van der Waals surface area contributed by atoms with Crippen molar-refractivity contribution in [3.05, 3.63) is 35.1 Å². The van der Waals surface area contributed by atoms with Gasteiger partial charge in [0.25, 0.3) is 0 Å². The van der Waals surface area contributed by atoms with Crippen molar-refractivity contribution < 1.29 is 13.2 Å². The van der Waals surface area contributed by atoms with Crippen molar-refractivity contribution >= 4 is 11.8 Å². The fourth-order valence-corrected chi connectivity index (χ4v) is 1.98. The Morgan fingerprint density at radius 3 is 2.47 bits per heavy atom. The molecule has 0 aliphatic carbocycles. The first-order valence-electron chi connectivity index (χ1n) is 4.41. The molecule has 0 spiro atoms. The zero-order valence-electron chi connectivity index (χ0n) is 8.48. The third-order valence-electron chi connectivity index (χ3n) is 2.12. The van der Waals surface area contributed by atoms with Crippen LogP contribution in [0.15, 0.2) is 12.1 Å². The van der Waals surface area contributed by atoms with Crippen LogP contribution in [0.4, 0.5) is 13.2 Å². The van der Waals surface area contributed by atoms with Crippen LogP contribution in [-0.4, -0.2) is 19.1 Å². The molecule has 0 amide bonds. The van der Waals surface area contributed by atoms with Crippen molar-refractivity contribution in [2.75, 3.05) is 19.1 Å². The molecule has 0 bridgehead atoms. The second-order valence-corrected chi connectivity index (χ2v) is 3.97. The summed E-state index contributed by atoms with van der Waals surface area (Å²) in [7, 11) is 1.65. The largest absolute Gasteiger partial charge is 0.312 e. The summed E-state index contributed by atoms with van der Waals surface area (Å²) in [4.78, 5) is 0. The van der Waals surface area contributed by atoms with Gasteiger partial charge < -0.3 is 5.32 Å². The summed E-state index contributed by atoms with van der Waals surface area (Å²) < 4.78 is 39.0. The average molecular weight is 235 g/mol. The molecule has 84 valence electrons. The molecule has 1 unspecified atom stereocenters. The minimum atomic E-state index is -1.41. The number of thioether (sulfide) groups is 1. The summed E-state index contributed by atoms with van der Waals surface area (Å²) in [6.45, 7) is 0. The minimum Gasteiger partial charge on any atom is -0.312 e. The molecule has 0 saturated carbocycles. The number of benzene rings is 1. The maximum absolute atomic E-state index is 13.4. The van der Waals surface area contributed by atoms with E-state index in [1.807, 2.05) is 6.26 Å². The van der Waals surface area contributed by atoms with Gasteiger partial charge in [-0.25, -0.2) is 13.2 Å². The van der Waals surface area contributed by atoms with Gasteiger partial charge in [-0.3, -0.25) is 0 Å². The lowest BCUT2D eigenvalue weighted by Gasteiger charge is -2.16. The Balaban J connectivity index is 3.07. The summed E-state index contributed by atoms with van der Waals surface area (Å²) in [6.07, 6.45) is 1.86. The molecule has 0 heterocycles. The highest BCUT2D eigenvalue weighted by Gasteiger charge is 2.19. The van der Waals surface area contributed by atoms with Crippen LogP contribution in [0.2, 0.25) is 0 Å². The van der Waals surface area contributed by atoms with Crippen molar-refractivity contribution in [2.24, 2.45) is 0 Å². The highest BCUT2D eigenvalue weighted by atomic mass is 32.2. The first kappa shape index (κ1) is 12.4. The lowest BCUT2D eigenvalue weighted by Crippen LogP contribution is -2.20. The lowest BCUT2D eigenvalue weighted by molar-refractivity contribution is 0.433. The Morgan fingerprint density at radius 1 is 1.27 bits per heavy atom. The predicted molar refractivity (Wildman–Crippen MR) is 56.5 cm³/mol. The van der Waals surface area contributed by atoms with Gasteiger partial charge in [0.05, 0.1) is 0 Å². The topological polar surface area (TPSA) is 12.0 Å². The molecule has 1 rings (SSSR count). The summed E-state index contributed by atoms with van der Waals surface area (Å²) in [5, 5.41) is 2.86. The molecule has 0 saturated heterocycles. The van der Waals surface area contributed by atoms with Crippen LogP contribution in [0, 0.1) is 17.5 Å². The van der Waals surface area contributed by atoms with Gasteiger partial charge in [-0.2, -0.15) is 11.8 Å². The smallest absolute Gasteiger partial charge is 0.194 e. The summed E-state index contributed by atoms with van der Waals surface area (Å²) in [5.74, 6) is -3.08. The molecule has 0 aliphatic heterocycles. The van der Waals surface area contributed by atoms with E-state index in [4.69, 9.17) is 0 Å². The maximum Gasteiger partial charge on any atom is 0.194 e. The molecular weight excluding hydrogens is 223 g/mol. The monoisotopic (exact) mass is 235 g/mol. The van der Waals surface area contributed by atoms with Crippen molar-refractivity contribution in [2.45, 2.75) is 6.04 Å². The second kappa shape index (κ2) is 5.42. The fourth-order valence-electron chi connectivity index (χ4n) is 1.31. The van der Waals surface area contributed by atoms with E-state index in [9.17, 15) is 13.2 Å². The number of hydrogen-bond donors (Lipinski definition) is 1. The van der Waals surface area contributed by atoms with Crippen LogP contribution in [0.3, 0.4) is 0 Å². The minimum absolute atomic E-state index is 0.158. The average Bonchev–Trinajstić information content (AvgIpc) is 2.24. The third kappa shape index (κ3) is 2.66. The first-order chi connectivity index (χ1) is 7.11. The van der Waals surface area contributed by atoms with Gasteiger partial charge in [0.1, 0.15) is 0 Å². The summed E-state index contributed by atoms with van der Waals surface area (Å²) in [6, 6.07) is 1.90. The molecule has 15 heavy (non-hydrogen) atoms. The van der Waals surface area contributed by atoms with Gasteiger partial charge in [-0.15, -0.1) is 0 Å². The molecule has 0 aliphatic rings. The van der Waals surface area contributed by atoms with Crippen LogP contribution in [0.5, 0.6) is 0 Å². The van der Waals surface area contributed by atoms with Crippen molar-refractivity contribution in [1.29, 1.82) is 0 Å². The van der Waals surface area contributed by atoms with Crippen LogP contribution < -0.4 is 5.32 Å². The highest BCUT2D eigenvalue weighted by Crippen LogP contribution is 2.23. The maximum atomic E-state index is 13.4. The second-order valence-electron chi connectivity index (χ2n) is 3.06. The molecule has 0 fully saturated rings. The van der Waals surface area contributed by atoms with Crippen molar-refractivity contribution in [1.82, 2.24) is 5.32 Å². The highest BCUT2D eigenvalue weighted by molar-refractivity contribution is 7.98. The van der Waals surface area contributed by atoms with Gasteiger partial charge in [0.15, 0.2) is 17.5 Å². The molecule has 5 heteroatoms. The first-order valence-corrected chi connectivity index (χ1v) is 5.80. The number of hydrogen-bond acceptors (Lipinski definition) is 2. The van der Waals surface area contributed by atoms with Crippen molar-refractivity contribution in [3.63, 3.8) is 0 Å². The summed E-state index contributed by atoms with van der Waals surface area (Å²) >= 11 is 1.50. The van der Waals surface area contributed by atoms with E-state index >= 15 is 0 Å². The Kier molecular flexibility index (Phi) is 4.47. The zero-order valence-corrected chi connectivity index (χ0v) is 9.30. The molecule has 1 aromatic carbocycles. The SMILES string of the molecule is CNC(CSC)c1ccc(F)c(F)c1F. The molecule has 0 aromatic heterocycles. The fraction of sp³-hybridized carbons (Fsp3) is 0.400. The van der Waals surface area contributed by atoms with Gasteiger partial charge in [-0.1, -0.05) is 6.07 Å². The Hall–Kier alpha value is -0.680. The Labute approximate surface area is 91.1 Å². The number of halogens is 3. The van der Waals surface area contributed by atoms with E-state index in [-0.39, 0.29) is 11.6 Å². The molecule has 1 atom stereocenters. The van der Waals surface area contributed by atoms with Crippen LogP contribution in [-0.2, 0) is 0 Å². The van der Waals surface area contributed by atoms with Crippen LogP contribution in [0.1, 0.15) is 11.6 Å². The van der Waals surface area contributed by atoms with Crippen LogP contribution >= 0.6 is 11.8 Å². The van der Waals surface area contributed by atoms with Crippen molar-refractivity contribution in [3.8, 4) is 0 Å². The van der Waals surface area contributed by atoms with Gasteiger partial charge in [0.2, 0.25) is 0 Å². The van der Waals surface area contributed by atoms with Crippen LogP contribution in [0.25, 0.3) is 0 Å². The van der Waals surface area contributed by atoms with E-state index in [0.29, 0.717) is 5.75 Å². The summed E-state index contributed by atoms with van der Waals surface area (Å²) in [5.41, 5.74) is 0.158.